The van der Waals surface area contributed by atoms with Crippen molar-refractivity contribution in [3.63, 3.8) is 0 Å². The van der Waals surface area contributed by atoms with Gasteiger partial charge in [0.15, 0.2) is 0 Å². The largest absolute Gasteiger partial charge is 0.405 e. The Kier molecular flexibility index (Phi) is 7.13. The predicted octanol–water partition coefficient (Wildman–Crippen LogP) is 3.52. The number of rotatable bonds is 7. The van der Waals surface area contributed by atoms with E-state index >= 15 is 0 Å². The molecule has 0 spiro atoms. The van der Waals surface area contributed by atoms with Crippen LogP contribution in [0.5, 0.6) is 0 Å². The van der Waals surface area contributed by atoms with E-state index in [4.69, 9.17) is 0 Å². The van der Waals surface area contributed by atoms with E-state index in [9.17, 15) is 26.4 Å². The second-order valence-corrected chi connectivity index (χ2v) is 8.86. The normalized spacial score (nSPS) is 12.2. The van der Waals surface area contributed by atoms with E-state index in [1.165, 1.54) is 35.6 Å². The SMILES string of the molecule is CSc1ccc(CN(C)S(=O)(=O)c2ccc(C(=O)NCC(F)(F)F)cc2)cc1. The Morgan fingerprint density at radius 3 is 2.14 bits per heavy atom. The Labute approximate surface area is 166 Å². The first-order valence-electron chi connectivity index (χ1n) is 8.07. The van der Waals surface area contributed by atoms with Crippen LogP contribution in [0.2, 0.25) is 0 Å². The quantitative estimate of drug-likeness (QED) is 0.680. The molecule has 152 valence electrons. The first-order chi connectivity index (χ1) is 13.0. The topological polar surface area (TPSA) is 66.5 Å². The van der Waals surface area contributed by atoms with Gasteiger partial charge in [0.25, 0.3) is 5.91 Å². The van der Waals surface area contributed by atoms with Crippen LogP contribution < -0.4 is 5.32 Å². The standard InChI is InChI=1S/C18H19F3N2O3S2/c1-23(11-13-3-7-15(27-2)8-4-13)28(25,26)16-9-5-14(6-10-16)17(24)22-12-18(19,20)21/h3-10H,11-12H2,1-2H3,(H,22,24). The third kappa shape index (κ3) is 5.98. The lowest BCUT2D eigenvalue weighted by atomic mass is 10.2. The summed E-state index contributed by atoms with van der Waals surface area (Å²) in [5, 5.41) is 1.74. The highest BCUT2D eigenvalue weighted by Gasteiger charge is 2.28. The Morgan fingerprint density at radius 1 is 1.07 bits per heavy atom. The lowest BCUT2D eigenvalue weighted by Gasteiger charge is -2.18. The van der Waals surface area contributed by atoms with E-state index in [1.54, 1.807) is 17.1 Å². The van der Waals surface area contributed by atoms with Gasteiger partial charge in [0.1, 0.15) is 6.54 Å². The van der Waals surface area contributed by atoms with Gasteiger partial charge in [-0.1, -0.05) is 12.1 Å². The summed E-state index contributed by atoms with van der Waals surface area (Å²) < 4.78 is 63.0. The van der Waals surface area contributed by atoms with Crippen molar-refractivity contribution in [3.05, 3.63) is 59.7 Å². The fourth-order valence-electron chi connectivity index (χ4n) is 2.31. The summed E-state index contributed by atoms with van der Waals surface area (Å²) in [6.07, 6.45) is -2.58. The van der Waals surface area contributed by atoms with Gasteiger partial charge in [-0.2, -0.15) is 17.5 Å². The molecule has 0 heterocycles. The Bertz CT molecular complexity index is 913. The van der Waals surface area contributed by atoms with Gasteiger partial charge >= 0.3 is 6.18 Å². The molecule has 1 amide bonds. The smallest absolute Gasteiger partial charge is 0.343 e. The van der Waals surface area contributed by atoms with Gasteiger partial charge in [0, 0.05) is 24.1 Å². The van der Waals surface area contributed by atoms with Crippen molar-refractivity contribution in [1.82, 2.24) is 9.62 Å². The highest BCUT2D eigenvalue weighted by atomic mass is 32.2. The van der Waals surface area contributed by atoms with Crippen molar-refractivity contribution in [3.8, 4) is 0 Å². The number of hydrogen-bond donors (Lipinski definition) is 1. The summed E-state index contributed by atoms with van der Waals surface area (Å²) in [5.41, 5.74) is 0.755. The minimum absolute atomic E-state index is 0.0527. The van der Waals surface area contributed by atoms with Gasteiger partial charge in [-0.05, 0) is 48.2 Å². The van der Waals surface area contributed by atoms with Crippen LogP contribution in [0.1, 0.15) is 15.9 Å². The van der Waals surface area contributed by atoms with E-state index in [1.807, 2.05) is 30.5 Å². The van der Waals surface area contributed by atoms with Gasteiger partial charge in [0.05, 0.1) is 4.90 Å². The molecule has 0 aliphatic heterocycles. The minimum atomic E-state index is -4.52. The molecular formula is C18H19F3N2O3S2. The monoisotopic (exact) mass is 432 g/mol. The van der Waals surface area contributed by atoms with Gasteiger partial charge in [0.2, 0.25) is 10.0 Å². The zero-order valence-electron chi connectivity index (χ0n) is 15.2. The average Bonchev–Trinajstić information content (AvgIpc) is 2.66. The molecule has 0 radical (unpaired) electrons. The molecule has 2 aromatic rings. The fraction of sp³-hybridized carbons (Fsp3) is 0.278. The molecule has 1 N–H and O–H groups in total. The molecule has 0 aromatic heterocycles. The van der Waals surface area contributed by atoms with Gasteiger partial charge in [-0.15, -0.1) is 11.8 Å². The molecule has 5 nitrogen and oxygen atoms in total. The molecule has 0 saturated heterocycles. The molecule has 0 fully saturated rings. The number of alkyl halides is 3. The van der Waals surface area contributed by atoms with Crippen molar-refractivity contribution in [2.45, 2.75) is 22.5 Å². The molecule has 0 atom stereocenters. The average molecular weight is 432 g/mol. The second-order valence-electron chi connectivity index (χ2n) is 5.93. The number of hydrogen-bond acceptors (Lipinski definition) is 4. The number of halogens is 3. The number of nitrogens with zero attached hydrogens (tertiary/aromatic N) is 1. The van der Waals surface area contributed by atoms with E-state index < -0.39 is 28.7 Å². The van der Waals surface area contributed by atoms with E-state index in [2.05, 4.69) is 0 Å². The minimum Gasteiger partial charge on any atom is -0.343 e. The number of sulfonamides is 1. The van der Waals surface area contributed by atoms with Crippen LogP contribution in [-0.4, -0.2) is 44.7 Å². The van der Waals surface area contributed by atoms with Crippen LogP contribution in [0.15, 0.2) is 58.3 Å². The first-order valence-corrected chi connectivity index (χ1v) is 10.7. The van der Waals surface area contributed by atoms with Crippen LogP contribution in [-0.2, 0) is 16.6 Å². The number of nitrogens with one attached hydrogen (secondary N) is 1. The maximum atomic E-state index is 12.7. The summed E-state index contributed by atoms with van der Waals surface area (Å²) in [4.78, 5) is 12.7. The molecule has 0 bridgehead atoms. The third-order valence-corrected chi connectivity index (χ3v) is 6.40. The molecule has 0 unspecified atom stereocenters. The number of thioether (sulfide) groups is 1. The molecule has 0 saturated carbocycles. The third-order valence-electron chi connectivity index (χ3n) is 3.84. The number of amides is 1. The molecule has 2 aromatic carbocycles. The van der Waals surface area contributed by atoms with Crippen molar-refractivity contribution in [1.29, 1.82) is 0 Å². The molecular weight excluding hydrogens is 413 g/mol. The van der Waals surface area contributed by atoms with Crippen molar-refractivity contribution < 1.29 is 26.4 Å². The summed E-state index contributed by atoms with van der Waals surface area (Å²) in [5.74, 6) is -0.927. The molecule has 2 rings (SSSR count). The lowest BCUT2D eigenvalue weighted by molar-refractivity contribution is -0.123. The van der Waals surface area contributed by atoms with Gasteiger partial charge in [-0.25, -0.2) is 8.42 Å². The van der Waals surface area contributed by atoms with E-state index in [0.717, 1.165) is 10.5 Å². The van der Waals surface area contributed by atoms with E-state index in [-0.39, 0.29) is 17.0 Å². The first kappa shape index (κ1) is 22.3. The van der Waals surface area contributed by atoms with Crippen LogP contribution in [0.25, 0.3) is 0 Å². The lowest BCUT2D eigenvalue weighted by Crippen LogP contribution is -2.33. The molecule has 0 aliphatic carbocycles. The number of carbonyl (C=O) groups is 1. The zero-order chi connectivity index (χ0) is 20.9. The van der Waals surface area contributed by atoms with Gasteiger partial charge < -0.3 is 5.32 Å². The van der Waals surface area contributed by atoms with Crippen molar-refractivity contribution in [2.24, 2.45) is 0 Å². The number of benzene rings is 2. The van der Waals surface area contributed by atoms with E-state index in [0.29, 0.717) is 0 Å². The molecule has 28 heavy (non-hydrogen) atoms. The van der Waals surface area contributed by atoms with Crippen molar-refractivity contribution >= 4 is 27.7 Å². The Balaban J connectivity index is 2.08. The fourth-order valence-corrected chi connectivity index (χ4v) is 3.88. The van der Waals surface area contributed by atoms with Gasteiger partial charge in [-0.3, -0.25) is 4.79 Å². The molecule has 10 heteroatoms. The van der Waals surface area contributed by atoms with Crippen molar-refractivity contribution in [2.75, 3.05) is 19.8 Å². The van der Waals surface area contributed by atoms with Crippen LogP contribution in [0.4, 0.5) is 13.2 Å². The summed E-state index contributed by atoms with van der Waals surface area (Å²) in [6, 6.07) is 12.2. The van der Waals surface area contributed by atoms with Crippen LogP contribution >= 0.6 is 11.8 Å². The number of carbonyl (C=O) groups excluding carboxylic acids is 1. The second kappa shape index (κ2) is 8.97. The summed E-state index contributed by atoms with van der Waals surface area (Å²) in [7, 11) is -2.38. The Morgan fingerprint density at radius 2 is 1.64 bits per heavy atom. The summed E-state index contributed by atoms with van der Waals surface area (Å²) >= 11 is 1.58. The maximum absolute atomic E-state index is 12.7. The van der Waals surface area contributed by atoms with Crippen LogP contribution in [0.3, 0.4) is 0 Å². The predicted molar refractivity (Wildman–Crippen MR) is 102 cm³/mol. The zero-order valence-corrected chi connectivity index (χ0v) is 16.8. The highest BCUT2D eigenvalue weighted by molar-refractivity contribution is 7.98. The maximum Gasteiger partial charge on any atom is 0.405 e. The highest BCUT2D eigenvalue weighted by Crippen LogP contribution is 2.20. The Hall–Kier alpha value is -2.04. The van der Waals surface area contributed by atoms with Crippen LogP contribution in [0, 0.1) is 0 Å². The molecule has 0 aliphatic rings. The summed E-state index contributed by atoms with van der Waals surface area (Å²) in [6.45, 7) is -1.30.